The minimum Gasteiger partial charge on any atom is -0.494 e. The van der Waals surface area contributed by atoms with Gasteiger partial charge in [0.25, 0.3) is 0 Å². The van der Waals surface area contributed by atoms with Gasteiger partial charge in [0.05, 0.1) is 18.1 Å². The van der Waals surface area contributed by atoms with E-state index in [0.717, 1.165) is 31.6 Å². The molecular weight excluding hydrogens is 426 g/mol. The first-order valence-corrected chi connectivity index (χ1v) is 13.8. The molecule has 2 nitrogen and oxygen atoms in total. The summed E-state index contributed by atoms with van der Waals surface area (Å²) in [5, 5.41) is 9.81. The molecular formula is C33H43NO. The lowest BCUT2D eigenvalue weighted by Crippen LogP contribution is -2.16. The molecule has 0 fully saturated rings. The molecule has 0 saturated carbocycles. The first kappa shape index (κ1) is 26.8. The molecule has 3 rings (SSSR count). The highest BCUT2D eigenvalue weighted by molar-refractivity contribution is 5.64. The molecule has 2 heteroatoms. The zero-order valence-corrected chi connectivity index (χ0v) is 21.8. The normalized spacial score (nSPS) is 18.9. The summed E-state index contributed by atoms with van der Waals surface area (Å²) in [5.41, 5.74) is 3.25. The molecule has 35 heavy (non-hydrogen) atoms. The van der Waals surface area contributed by atoms with Crippen molar-refractivity contribution in [1.82, 2.24) is 0 Å². The number of hydrogen-bond donors (Lipinski definition) is 0. The number of unbranched alkanes of at least 4 members (excludes halogenated alkanes) is 8. The molecule has 0 radical (unpaired) electrons. The Morgan fingerprint density at radius 3 is 1.83 bits per heavy atom. The van der Waals surface area contributed by atoms with Crippen LogP contribution in [0.15, 0.2) is 72.8 Å². The second-order valence-electron chi connectivity index (χ2n) is 9.97. The lowest BCUT2D eigenvalue weighted by molar-refractivity contribution is 0.304. The van der Waals surface area contributed by atoms with E-state index in [4.69, 9.17) is 4.74 Å². The van der Waals surface area contributed by atoms with Crippen molar-refractivity contribution in [3.05, 3.63) is 78.4 Å². The molecule has 0 bridgehead atoms. The van der Waals surface area contributed by atoms with Gasteiger partial charge in [0.1, 0.15) is 5.75 Å². The van der Waals surface area contributed by atoms with Crippen molar-refractivity contribution in [1.29, 1.82) is 5.26 Å². The van der Waals surface area contributed by atoms with Crippen LogP contribution in [0.25, 0.3) is 11.1 Å². The van der Waals surface area contributed by atoms with Gasteiger partial charge in [-0.2, -0.15) is 5.26 Å². The smallest absolute Gasteiger partial charge is 0.119 e. The van der Waals surface area contributed by atoms with Crippen LogP contribution in [-0.4, -0.2) is 6.61 Å². The Labute approximate surface area is 213 Å². The third kappa shape index (κ3) is 8.43. The molecule has 0 N–H and O–H groups in total. The molecule has 0 aromatic heterocycles. The van der Waals surface area contributed by atoms with Crippen LogP contribution in [0.1, 0.15) is 96.0 Å². The highest BCUT2D eigenvalue weighted by Crippen LogP contribution is 2.36. The molecule has 186 valence electrons. The summed E-state index contributed by atoms with van der Waals surface area (Å²) in [6.45, 7) is 5.27. The molecule has 0 amide bonds. The quantitative estimate of drug-likeness (QED) is 0.192. The van der Waals surface area contributed by atoms with Crippen LogP contribution in [0.2, 0.25) is 0 Å². The first-order valence-electron chi connectivity index (χ1n) is 13.8. The van der Waals surface area contributed by atoms with Crippen molar-refractivity contribution in [3.63, 3.8) is 0 Å². The largest absolute Gasteiger partial charge is 0.494 e. The van der Waals surface area contributed by atoms with E-state index in [1.807, 2.05) is 0 Å². The number of ether oxygens (including phenoxy) is 1. The summed E-state index contributed by atoms with van der Waals surface area (Å²) in [4.78, 5) is 0. The van der Waals surface area contributed by atoms with E-state index < -0.39 is 5.41 Å². The summed E-state index contributed by atoms with van der Waals surface area (Å²) in [7, 11) is 0. The Hall–Kier alpha value is -2.79. The summed E-state index contributed by atoms with van der Waals surface area (Å²) in [5.74, 6) is 1.18. The maximum atomic E-state index is 9.81. The van der Waals surface area contributed by atoms with Gasteiger partial charge in [0.2, 0.25) is 0 Å². The fraction of sp³-hybridized carbons (Fsp3) is 0.485. The first-order chi connectivity index (χ1) is 17.2. The van der Waals surface area contributed by atoms with Crippen LogP contribution in [0.4, 0.5) is 0 Å². The van der Waals surface area contributed by atoms with Crippen LogP contribution in [0.3, 0.4) is 0 Å². The zero-order valence-electron chi connectivity index (χ0n) is 21.8. The molecule has 1 aliphatic carbocycles. The van der Waals surface area contributed by atoms with Crippen LogP contribution in [-0.2, 0) is 0 Å². The third-order valence-corrected chi connectivity index (χ3v) is 7.10. The summed E-state index contributed by atoms with van der Waals surface area (Å²) < 4.78 is 5.91. The fourth-order valence-electron chi connectivity index (χ4n) is 4.75. The minimum absolute atomic E-state index is 0.235. The molecule has 0 heterocycles. The molecule has 0 saturated heterocycles. The van der Waals surface area contributed by atoms with E-state index in [9.17, 15) is 5.26 Å². The Kier molecular flexibility index (Phi) is 11.2. The van der Waals surface area contributed by atoms with Crippen LogP contribution >= 0.6 is 0 Å². The van der Waals surface area contributed by atoms with Gasteiger partial charge in [-0.1, -0.05) is 132 Å². The van der Waals surface area contributed by atoms with E-state index in [2.05, 4.69) is 92.8 Å². The van der Waals surface area contributed by atoms with E-state index >= 15 is 0 Å². The Morgan fingerprint density at radius 1 is 0.714 bits per heavy atom. The zero-order chi connectivity index (χ0) is 24.8. The number of nitrogens with zero attached hydrogens (tertiary/aromatic N) is 1. The molecule has 1 aliphatic rings. The minimum atomic E-state index is -0.429. The highest BCUT2D eigenvalue weighted by atomic mass is 16.5. The molecule has 2 aromatic rings. The highest BCUT2D eigenvalue weighted by Gasteiger charge is 2.26. The maximum Gasteiger partial charge on any atom is 0.119 e. The Balaban J connectivity index is 1.50. The average molecular weight is 470 g/mol. The number of hydrogen-bond acceptors (Lipinski definition) is 2. The summed E-state index contributed by atoms with van der Waals surface area (Å²) in [6, 6.07) is 19.8. The summed E-state index contributed by atoms with van der Waals surface area (Å²) in [6.07, 6.45) is 22.0. The number of allylic oxidation sites excluding steroid dienone is 4. The van der Waals surface area contributed by atoms with Crippen molar-refractivity contribution in [2.45, 2.75) is 90.4 Å². The van der Waals surface area contributed by atoms with Gasteiger partial charge in [0.15, 0.2) is 0 Å². The standard InChI is InChI=1S/C33H43NO/c1-3-5-7-9-11-23-33(27-34)24-21-31(22-25-33)29-15-13-28(14-16-29)30-17-19-32(20-18-30)35-26-12-10-8-6-4-2/h13-22,24-25,31H,3-12,23,26H2,1-2H3. The van der Waals surface area contributed by atoms with Gasteiger partial charge in [-0.15, -0.1) is 0 Å². The van der Waals surface area contributed by atoms with Gasteiger partial charge in [-0.25, -0.2) is 0 Å². The molecule has 0 aliphatic heterocycles. The monoisotopic (exact) mass is 469 g/mol. The van der Waals surface area contributed by atoms with Gasteiger partial charge < -0.3 is 4.74 Å². The predicted molar refractivity (Wildman–Crippen MR) is 149 cm³/mol. The third-order valence-electron chi connectivity index (χ3n) is 7.10. The van der Waals surface area contributed by atoms with Gasteiger partial charge >= 0.3 is 0 Å². The van der Waals surface area contributed by atoms with Crippen molar-refractivity contribution in [2.24, 2.45) is 5.41 Å². The SMILES string of the molecule is CCCCCCCOc1ccc(-c2ccc(C3C=CC(C#N)(CCCCCCC)C=C3)cc2)cc1. The number of benzene rings is 2. The van der Waals surface area contributed by atoms with Crippen molar-refractivity contribution in [3.8, 4) is 22.9 Å². The maximum absolute atomic E-state index is 9.81. The molecule has 0 atom stereocenters. The lowest BCUT2D eigenvalue weighted by atomic mass is 9.77. The second-order valence-corrected chi connectivity index (χ2v) is 9.97. The number of rotatable bonds is 15. The Morgan fingerprint density at radius 2 is 1.26 bits per heavy atom. The fourth-order valence-corrected chi connectivity index (χ4v) is 4.75. The van der Waals surface area contributed by atoms with Gasteiger partial charge in [-0.3, -0.25) is 0 Å². The Bertz CT molecular complexity index is 948. The van der Waals surface area contributed by atoms with Crippen molar-refractivity contribution in [2.75, 3.05) is 6.61 Å². The van der Waals surface area contributed by atoms with Crippen molar-refractivity contribution < 1.29 is 4.74 Å². The molecule has 0 unspecified atom stereocenters. The second kappa shape index (κ2) is 14.6. The van der Waals surface area contributed by atoms with Crippen LogP contribution in [0.5, 0.6) is 5.75 Å². The summed E-state index contributed by atoms with van der Waals surface area (Å²) >= 11 is 0. The lowest BCUT2D eigenvalue weighted by Gasteiger charge is -2.24. The van der Waals surface area contributed by atoms with E-state index in [1.54, 1.807) is 0 Å². The average Bonchev–Trinajstić information content (AvgIpc) is 2.91. The predicted octanol–water partition coefficient (Wildman–Crippen LogP) is 9.78. The topological polar surface area (TPSA) is 33.0 Å². The van der Waals surface area contributed by atoms with Gasteiger partial charge in [-0.05, 0) is 41.7 Å². The van der Waals surface area contributed by atoms with Crippen molar-refractivity contribution >= 4 is 0 Å². The van der Waals surface area contributed by atoms with E-state index in [1.165, 1.54) is 68.1 Å². The van der Waals surface area contributed by atoms with E-state index in [0.29, 0.717) is 0 Å². The molecule has 2 aromatic carbocycles. The molecule has 0 spiro atoms. The van der Waals surface area contributed by atoms with E-state index in [-0.39, 0.29) is 5.92 Å². The van der Waals surface area contributed by atoms with Crippen LogP contribution in [0, 0.1) is 16.7 Å². The number of nitriles is 1. The van der Waals surface area contributed by atoms with Crippen LogP contribution < -0.4 is 4.74 Å². The van der Waals surface area contributed by atoms with Gasteiger partial charge in [0, 0.05) is 5.92 Å².